The lowest BCUT2D eigenvalue weighted by Gasteiger charge is -2.29. The number of alkyl halides is 1. The van der Waals surface area contributed by atoms with Crippen LogP contribution < -0.4 is 16.0 Å². The summed E-state index contributed by atoms with van der Waals surface area (Å²) < 4.78 is 14.5. The van der Waals surface area contributed by atoms with Gasteiger partial charge in [-0.3, -0.25) is 19.7 Å². The minimum absolute atomic E-state index is 0.0924. The van der Waals surface area contributed by atoms with Crippen molar-refractivity contribution >= 4 is 17.7 Å². The van der Waals surface area contributed by atoms with Gasteiger partial charge in [0.1, 0.15) is 12.2 Å². The Hall–Kier alpha value is -2.32. The summed E-state index contributed by atoms with van der Waals surface area (Å²) in [5.41, 5.74) is 2.42. The molecule has 2 saturated heterocycles. The third kappa shape index (κ3) is 4.18. The Morgan fingerprint density at radius 3 is 2.72 bits per heavy atom. The average molecular weight is 402 g/mol. The third-order valence-corrected chi connectivity index (χ3v) is 6.23. The molecule has 0 bridgehead atoms. The molecule has 3 N–H and O–H groups in total. The van der Waals surface area contributed by atoms with E-state index in [1.54, 1.807) is 11.0 Å². The number of nitrogens with one attached hydrogen (secondary N) is 3. The number of piperidine rings is 2. The number of rotatable bonds is 6. The highest BCUT2D eigenvalue weighted by molar-refractivity contribution is 6.05. The Morgan fingerprint density at radius 2 is 1.97 bits per heavy atom. The fourth-order valence-electron chi connectivity index (χ4n) is 4.53. The van der Waals surface area contributed by atoms with Crippen LogP contribution in [0.15, 0.2) is 18.2 Å². The molecule has 0 radical (unpaired) electrons. The predicted molar refractivity (Wildman–Crippen MR) is 105 cm³/mol. The van der Waals surface area contributed by atoms with Gasteiger partial charge >= 0.3 is 0 Å². The van der Waals surface area contributed by atoms with Gasteiger partial charge in [0.25, 0.3) is 5.91 Å². The summed E-state index contributed by atoms with van der Waals surface area (Å²) in [6.07, 6.45) is 1.42. The number of hydrogen-bond donors (Lipinski definition) is 3. The number of imide groups is 1. The lowest BCUT2D eigenvalue weighted by Crippen LogP contribution is -2.52. The van der Waals surface area contributed by atoms with E-state index in [9.17, 15) is 18.8 Å². The molecule has 8 heteroatoms. The van der Waals surface area contributed by atoms with Crippen LogP contribution in [-0.4, -0.2) is 54.5 Å². The Morgan fingerprint density at radius 1 is 1.17 bits per heavy atom. The summed E-state index contributed by atoms with van der Waals surface area (Å²) in [7, 11) is 0. The van der Waals surface area contributed by atoms with Crippen molar-refractivity contribution in [1.29, 1.82) is 0 Å². The van der Waals surface area contributed by atoms with Gasteiger partial charge in [0.15, 0.2) is 0 Å². The van der Waals surface area contributed by atoms with Gasteiger partial charge in [0.2, 0.25) is 11.8 Å². The molecule has 1 aromatic rings. The van der Waals surface area contributed by atoms with Crippen molar-refractivity contribution in [2.45, 2.75) is 51.0 Å². The average Bonchev–Trinajstić information content (AvgIpc) is 3.06. The Labute approximate surface area is 169 Å². The normalized spacial score (nSPS) is 23.8. The molecule has 156 valence electrons. The van der Waals surface area contributed by atoms with Gasteiger partial charge in [0, 0.05) is 31.6 Å². The van der Waals surface area contributed by atoms with Crippen LogP contribution in [0, 0.1) is 5.92 Å². The highest BCUT2D eigenvalue weighted by atomic mass is 19.1. The van der Waals surface area contributed by atoms with E-state index in [2.05, 4.69) is 16.0 Å². The first-order chi connectivity index (χ1) is 14.0. The molecule has 3 heterocycles. The Kier molecular flexibility index (Phi) is 5.91. The van der Waals surface area contributed by atoms with Crippen molar-refractivity contribution in [3.63, 3.8) is 0 Å². The molecular weight excluding hydrogens is 375 g/mol. The van der Waals surface area contributed by atoms with Gasteiger partial charge in [-0.1, -0.05) is 12.1 Å². The molecular formula is C21H27FN4O3. The summed E-state index contributed by atoms with van der Waals surface area (Å²) in [6.45, 7) is 2.85. The van der Waals surface area contributed by atoms with E-state index in [4.69, 9.17) is 0 Å². The monoisotopic (exact) mass is 402 g/mol. The maximum Gasteiger partial charge on any atom is 0.255 e. The van der Waals surface area contributed by atoms with Gasteiger partial charge in [-0.2, -0.15) is 0 Å². The molecule has 4 rings (SSSR count). The van der Waals surface area contributed by atoms with Gasteiger partial charge < -0.3 is 15.5 Å². The lowest BCUT2D eigenvalue weighted by atomic mass is 9.93. The number of nitrogens with zero attached hydrogens (tertiary/aromatic N) is 1. The van der Waals surface area contributed by atoms with E-state index in [-0.39, 0.29) is 24.2 Å². The zero-order valence-electron chi connectivity index (χ0n) is 16.4. The minimum Gasteiger partial charge on any atom is -0.322 e. The van der Waals surface area contributed by atoms with Gasteiger partial charge in [-0.25, -0.2) is 4.39 Å². The molecule has 7 nitrogen and oxygen atoms in total. The fraction of sp³-hybridized carbons (Fsp3) is 0.571. The van der Waals surface area contributed by atoms with Crippen LogP contribution in [0.1, 0.15) is 47.2 Å². The number of halogens is 1. The molecule has 1 aromatic carbocycles. The highest BCUT2D eigenvalue weighted by Crippen LogP contribution is 2.30. The van der Waals surface area contributed by atoms with Crippen LogP contribution in [0.3, 0.4) is 0 Å². The topological polar surface area (TPSA) is 90.5 Å². The van der Waals surface area contributed by atoms with Crippen LogP contribution in [0.25, 0.3) is 0 Å². The van der Waals surface area contributed by atoms with Crippen LogP contribution in [0.2, 0.25) is 0 Å². The standard InChI is InChI=1S/C21H27FN4O3/c22-17(13-6-8-23-9-7-13)11-24-10-14-2-1-3-15-16(14)12-26(21(15)29)18-4-5-19(27)25-20(18)28/h1-3,13,17-18,23-24H,4-12H2,(H,25,27,28). The summed E-state index contributed by atoms with van der Waals surface area (Å²) in [5, 5.41) is 8.77. The van der Waals surface area contributed by atoms with Gasteiger partial charge in [-0.15, -0.1) is 0 Å². The molecule has 29 heavy (non-hydrogen) atoms. The number of hydrogen-bond acceptors (Lipinski definition) is 5. The van der Waals surface area contributed by atoms with E-state index in [1.807, 2.05) is 12.1 Å². The highest BCUT2D eigenvalue weighted by Gasteiger charge is 2.39. The van der Waals surface area contributed by atoms with Crippen LogP contribution >= 0.6 is 0 Å². The van der Waals surface area contributed by atoms with Gasteiger partial charge in [-0.05, 0) is 55.5 Å². The molecule has 0 spiro atoms. The summed E-state index contributed by atoms with van der Waals surface area (Å²) in [4.78, 5) is 38.0. The Bertz CT molecular complexity index is 809. The molecule has 0 aromatic heterocycles. The van der Waals surface area contributed by atoms with E-state index in [1.165, 1.54) is 0 Å². The number of carbonyl (C=O) groups is 3. The van der Waals surface area contributed by atoms with E-state index < -0.39 is 18.1 Å². The second-order valence-electron chi connectivity index (χ2n) is 8.08. The number of fused-ring (bicyclic) bond motifs is 1. The smallest absolute Gasteiger partial charge is 0.255 e. The minimum atomic E-state index is -0.879. The van der Waals surface area contributed by atoms with Gasteiger partial charge in [0.05, 0.1) is 0 Å². The van der Waals surface area contributed by atoms with E-state index >= 15 is 0 Å². The molecule has 2 fully saturated rings. The Balaban J connectivity index is 1.39. The molecule has 3 amide bonds. The lowest BCUT2D eigenvalue weighted by molar-refractivity contribution is -0.136. The maximum absolute atomic E-state index is 14.5. The predicted octanol–water partition coefficient (Wildman–Crippen LogP) is 0.875. The number of amides is 3. The SMILES string of the molecule is O=C1CCC(N2Cc3c(CNCC(F)C4CCNCC4)cccc3C2=O)C(=O)N1. The first kappa shape index (κ1) is 20.0. The van der Waals surface area contributed by atoms with Crippen molar-refractivity contribution in [1.82, 2.24) is 20.9 Å². The number of carbonyl (C=O) groups excluding carboxylic acids is 3. The van der Waals surface area contributed by atoms with Crippen molar-refractivity contribution in [2.75, 3.05) is 19.6 Å². The van der Waals surface area contributed by atoms with Crippen molar-refractivity contribution in [3.05, 3.63) is 34.9 Å². The maximum atomic E-state index is 14.5. The number of benzene rings is 1. The quantitative estimate of drug-likeness (QED) is 0.615. The van der Waals surface area contributed by atoms with Crippen molar-refractivity contribution in [3.8, 4) is 0 Å². The molecule has 3 aliphatic heterocycles. The van der Waals surface area contributed by atoms with Crippen molar-refractivity contribution in [2.24, 2.45) is 5.92 Å². The fourth-order valence-corrected chi connectivity index (χ4v) is 4.53. The largest absolute Gasteiger partial charge is 0.322 e. The summed E-state index contributed by atoms with van der Waals surface area (Å²) in [6, 6.07) is 4.90. The summed E-state index contributed by atoms with van der Waals surface area (Å²) in [5.74, 6) is -0.802. The third-order valence-electron chi connectivity index (χ3n) is 6.23. The molecule has 0 aliphatic carbocycles. The second-order valence-corrected chi connectivity index (χ2v) is 8.08. The van der Waals surface area contributed by atoms with Crippen LogP contribution in [0.4, 0.5) is 4.39 Å². The van der Waals surface area contributed by atoms with Crippen LogP contribution in [-0.2, 0) is 22.7 Å². The zero-order valence-corrected chi connectivity index (χ0v) is 16.4. The first-order valence-electron chi connectivity index (χ1n) is 10.4. The molecule has 3 aliphatic rings. The zero-order chi connectivity index (χ0) is 20.4. The molecule has 2 unspecified atom stereocenters. The van der Waals surface area contributed by atoms with Crippen LogP contribution in [0.5, 0.6) is 0 Å². The van der Waals surface area contributed by atoms with E-state index in [0.29, 0.717) is 31.6 Å². The summed E-state index contributed by atoms with van der Waals surface area (Å²) >= 11 is 0. The molecule has 0 saturated carbocycles. The van der Waals surface area contributed by atoms with Crippen molar-refractivity contribution < 1.29 is 18.8 Å². The van der Waals surface area contributed by atoms with E-state index in [0.717, 1.165) is 37.1 Å². The second kappa shape index (κ2) is 8.59. The first-order valence-corrected chi connectivity index (χ1v) is 10.4. The molecule has 2 atom stereocenters.